The van der Waals surface area contributed by atoms with Gasteiger partial charge in [0.05, 0.1) is 6.54 Å². The number of nitrogens with zero attached hydrogens (tertiary/aromatic N) is 1. The standard InChI is InChI=1S/C16H13BrN2O2S/c17-12-8-6-11(7-9-12)10-19-15(20)14(22-16(19)21)18-13-4-2-1-3-5-13/h1-9,14,18H,10H2/t14-/m1/s1. The molecule has 2 amide bonds. The number of thioether (sulfide) groups is 1. The minimum Gasteiger partial charge on any atom is -0.365 e. The number of amides is 2. The van der Waals surface area contributed by atoms with Gasteiger partial charge in [-0.1, -0.05) is 46.3 Å². The highest BCUT2D eigenvalue weighted by Gasteiger charge is 2.39. The molecule has 0 aliphatic carbocycles. The summed E-state index contributed by atoms with van der Waals surface area (Å²) in [6.45, 7) is 0.297. The van der Waals surface area contributed by atoms with Crippen molar-refractivity contribution in [3.05, 3.63) is 64.6 Å². The molecule has 1 N–H and O–H groups in total. The van der Waals surface area contributed by atoms with Gasteiger partial charge in [0.25, 0.3) is 11.1 Å². The first kappa shape index (κ1) is 15.1. The Kier molecular flexibility index (Phi) is 4.49. The Balaban J connectivity index is 1.70. The van der Waals surface area contributed by atoms with Gasteiger partial charge in [0.2, 0.25) is 0 Å². The molecule has 1 heterocycles. The molecular weight excluding hydrogens is 364 g/mol. The monoisotopic (exact) mass is 376 g/mol. The van der Waals surface area contributed by atoms with Crippen molar-refractivity contribution in [2.24, 2.45) is 0 Å². The molecule has 4 nitrogen and oxygen atoms in total. The van der Waals surface area contributed by atoms with Gasteiger partial charge >= 0.3 is 0 Å². The summed E-state index contributed by atoms with van der Waals surface area (Å²) in [5.41, 5.74) is 1.75. The number of rotatable bonds is 4. The third kappa shape index (κ3) is 3.34. The van der Waals surface area contributed by atoms with Crippen LogP contribution in [-0.2, 0) is 11.3 Å². The third-order valence-corrected chi connectivity index (χ3v) is 4.76. The zero-order valence-electron chi connectivity index (χ0n) is 11.5. The first-order valence-electron chi connectivity index (χ1n) is 6.71. The lowest BCUT2D eigenvalue weighted by Crippen LogP contribution is -2.33. The smallest absolute Gasteiger partial charge is 0.291 e. The highest BCUT2D eigenvalue weighted by atomic mass is 79.9. The van der Waals surface area contributed by atoms with Crippen LogP contribution in [0.5, 0.6) is 0 Å². The molecule has 1 atom stereocenters. The Morgan fingerprint density at radius 2 is 1.73 bits per heavy atom. The molecule has 0 aromatic heterocycles. The number of hydrogen-bond acceptors (Lipinski definition) is 4. The molecule has 3 rings (SSSR count). The second-order valence-electron chi connectivity index (χ2n) is 4.83. The Hall–Kier alpha value is -1.79. The van der Waals surface area contributed by atoms with Crippen LogP contribution in [0.4, 0.5) is 10.5 Å². The van der Waals surface area contributed by atoms with Crippen molar-refractivity contribution in [1.29, 1.82) is 0 Å². The number of anilines is 1. The van der Waals surface area contributed by atoms with Gasteiger partial charge in [0, 0.05) is 10.2 Å². The highest BCUT2D eigenvalue weighted by Crippen LogP contribution is 2.29. The lowest BCUT2D eigenvalue weighted by Gasteiger charge is -2.15. The minimum absolute atomic E-state index is 0.207. The molecule has 112 valence electrons. The quantitative estimate of drug-likeness (QED) is 0.872. The van der Waals surface area contributed by atoms with E-state index in [4.69, 9.17) is 0 Å². The Morgan fingerprint density at radius 3 is 2.41 bits per heavy atom. The van der Waals surface area contributed by atoms with Crippen LogP contribution in [0.3, 0.4) is 0 Å². The predicted molar refractivity (Wildman–Crippen MR) is 91.5 cm³/mol. The number of nitrogens with one attached hydrogen (secondary N) is 1. The van der Waals surface area contributed by atoms with Gasteiger partial charge in [-0.2, -0.15) is 0 Å². The van der Waals surface area contributed by atoms with Crippen LogP contribution in [0.15, 0.2) is 59.1 Å². The average Bonchev–Trinajstić information content (AvgIpc) is 2.78. The number of carbonyl (C=O) groups excluding carboxylic acids is 2. The van der Waals surface area contributed by atoms with Gasteiger partial charge in [-0.15, -0.1) is 0 Å². The van der Waals surface area contributed by atoms with Crippen LogP contribution in [0, 0.1) is 0 Å². The van der Waals surface area contributed by atoms with Crippen LogP contribution >= 0.6 is 27.7 Å². The van der Waals surface area contributed by atoms with Gasteiger partial charge in [0.15, 0.2) is 5.37 Å². The van der Waals surface area contributed by atoms with Crippen molar-refractivity contribution in [3.63, 3.8) is 0 Å². The second-order valence-corrected chi connectivity index (χ2v) is 6.80. The van der Waals surface area contributed by atoms with E-state index in [1.807, 2.05) is 54.6 Å². The summed E-state index contributed by atoms with van der Waals surface area (Å²) in [7, 11) is 0. The number of para-hydroxylation sites is 1. The molecular formula is C16H13BrN2O2S. The van der Waals surface area contributed by atoms with Crippen molar-refractivity contribution in [1.82, 2.24) is 4.90 Å². The zero-order valence-corrected chi connectivity index (χ0v) is 13.9. The second kappa shape index (κ2) is 6.54. The molecule has 2 aromatic carbocycles. The van der Waals surface area contributed by atoms with E-state index in [2.05, 4.69) is 21.2 Å². The topological polar surface area (TPSA) is 49.4 Å². The molecule has 0 bridgehead atoms. The van der Waals surface area contributed by atoms with E-state index in [1.54, 1.807) is 0 Å². The zero-order chi connectivity index (χ0) is 15.5. The summed E-state index contributed by atoms with van der Waals surface area (Å²) < 4.78 is 0.966. The maximum absolute atomic E-state index is 12.4. The molecule has 0 unspecified atom stereocenters. The third-order valence-electron chi connectivity index (χ3n) is 3.25. The Morgan fingerprint density at radius 1 is 1.05 bits per heavy atom. The molecule has 22 heavy (non-hydrogen) atoms. The number of imide groups is 1. The van der Waals surface area contributed by atoms with Crippen molar-refractivity contribution in [2.45, 2.75) is 11.9 Å². The van der Waals surface area contributed by atoms with Crippen molar-refractivity contribution in [2.75, 3.05) is 5.32 Å². The van der Waals surface area contributed by atoms with Gasteiger partial charge in [-0.25, -0.2) is 0 Å². The summed E-state index contributed by atoms with van der Waals surface area (Å²) in [4.78, 5) is 25.8. The maximum Gasteiger partial charge on any atom is 0.291 e. The molecule has 1 aliphatic rings. The number of carbonyl (C=O) groups is 2. The van der Waals surface area contributed by atoms with Gasteiger partial charge in [-0.05, 0) is 41.6 Å². The summed E-state index contributed by atoms with van der Waals surface area (Å²) >= 11 is 4.38. The van der Waals surface area contributed by atoms with Gasteiger partial charge < -0.3 is 5.32 Å². The van der Waals surface area contributed by atoms with E-state index < -0.39 is 5.37 Å². The predicted octanol–water partition coefficient (Wildman–Crippen LogP) is 4.08. The normalized spacial score (nSPS) is 17.9. The minimum atomic E-state index is -0.564. The summed E-state index contributed by atoms with van der Waals surface area (Å²) in [6.07, 6.45) is 0. The van der Waals surface area contributed by atoms with E-state index in [-0.39, 0.29) is 11.1 Å². The van der Waals surface area contributed by atoms with E-state index in [0.29, 0.717) is 6.54 Å². The Bertz CT molecular complexity index is 691. The lowest BCUT2D eigenvalue weighted by molar-refractivity contribution is -0.126. The fourth-order valence-electron chi connectivity index (χ4n) is 2.14. The fourth-order valence-corrected chi connectivity index (χ4v) is 3.31. The number of halogens is 1. The van der Waals surface area contributed by atoms with E-state index in [1.165, 1.54) is 4.90 Å². The molecule has 0 radical (unpaired) electrons. The molecule has 0 saturated carbocycles. The molecule has 1 fully saturated rings. The highest BCUT2D eigenvalue weighted by molar-refractivity contribution is 9.10. The SMILES string of the molecule is O=C1S[C@@H](Nc2ccccc2)C(=O)N1Cc1ccc(Br)cc1. The van der Waals surface area contributed by atoms with Crippen LogP contribution in [0.1, 0.15) is 5.56 Å². The molecule has 6 heteroatoms. The van der Waals surface area contributed by atoms with Gasteiger partial charge in [-0.3, -0.25) is 14.5 Å². The first-order valence-corrected chi connectivity index (χ1v) is 8.39. The molecule has 1 aliphatic heterocycles. The van der Waals surface area contributed by atoms with E-state index in [0.717, 1.165) is 27.5 Å². The average molecular weight is 377 g/mol. The fraction of sp³-hybridized carbons (Fsp3) is 0.125. The first-order chi connectivity index (χ1) is 10.6. The van der Waals surface area contributed by atoms with Crippen molar-refractivity contribution >= 4 is 44.5 Å². The molecule has 1 saturated heterocycles. The van der Waals surface area contributed by atoms with Crippen LogP contribution in [0.2, 0.25) is 0 Å². The van der Waals surface area contributed by atoms with Crippen LogP contribution in [0.25, 0.3) is 0 Å². The van der Waals surface area contributed by atoms with Gasteiger partial charge in [0.1, 0.15) is 0 Å². The maximum atomic E-state index is 12.4. The molecule has 2 aromatic rings. The largest absolute Gasteiger partial charge is 0.365 e. The van der Waals surface area contributed by atoms with E-state index in [9.17, 15) is 9.59 Å². The lowest BCUT2D eigenvalue weighted by atomic mass is 10.2. The van der Waals surface area contributed by atoms with Crippen molar-refractivity contribution < 1.29 is 9.59 Å². The summed E-state index contributed by atoms with van der Waals surface area (Å²) in [5.74, 6) is -0.207. The summed E-state index contributed by atoms with van der Waals surface area (Å²) in [6, 6.07) is 17.0. The van der Waals surface area contributed by atoms with Crippen LogP contribution in [-0.4, -0.2) is 21.4 Å². The van der Waals surface area contributed by atoms with Crippen LogP contribution < -0.4 is 5.32 Å². The number of hydrogen-bond donors (Lipinski definition) is 1. The molecule has 0 spiro atoms. The van der Waals surface area contributed by atoms with E-state index >= 15 is 0 Å². The van der Waals surface area contributed by atoms with Crippen molar-refractivity contribution in [3.8, 4) is 0 Å². The summed E-state index contributed by atoms with van der Waals surface area (Å²) in [5, 5.41) is 2.30. The Labute approximate surface area is 141 Å². The number of benzene rings is 2.